The Morgan fingerprint density at radius 3 is 2.48 bits per heavy atom. The van der Waals surface area contributed by atoms with E-state index in [4.69, 9.17) is 18.1 Å². The largest absolute Gasteiger partial charge is 0.318 e. The van der Waals surface area contributed by atoms with Crippen molar-refractivity contribution in [1.29, 1.82) is 0 Å². The van der Waals surface area contributed by atoms with Gasteiger partial charge in [-0.25, -0.2) is 10.8 Å². The number of hydrazine groups is 1. The number of rotatable bonds is 2. The van der Waals surface area contributed by atoms with E-state index in [9.17, 15) is 4.79 Å². The molecule has 23 heavy (non-hydrogen) atoms. The third kappa shape index (κ3) is 2.43. The highest BCUT2D eigenvalue weighted by atomic mass is 32.1. The Labute approximate surface area is 138 Å². The first-order chi connectivity index (χ1) is 10.9. The van der Waals surface area contributed by atoms with Gasteiger partial charge in [0.2, 0.25) is 0 Å². The lowest BCUT2D eigenvalue weighted by Crippen LogP contribution is -2.30. The normalized spacial score (nSPS) is 11.0. The number of imidazole rings is 1. The quantitative estimate of drug-likeness (QED) is 0.327. The average Bonchev–Trinajstić information content (AvgIpc) is 2.78. The van der Waals surface area contributed by atoms with Gasteiger partial charge in [0, 0.05) is 19.7 Å². The highest BCUT2D eigenvalue weighted by molar-refractivity contribution is 7.71. The molecule has 2 aromatic heterocycles. The zero-order valence-corrected chi connectivity index (χ0v) is 13.9. The number of hydrogen-bond donors (Lipinski definition) is 2. The van der Waals surface area contributed by atoms with Gasteiger partial charge in [-0.15, -0.1) is 0 Å². The molecule has 0 atom stereocenters. The summed E-state index contributed by atoms with van der Waals surface area (Å²) in [7, 11) is 3.64. The summed E-state index contributed by atoms with van der Waals surface area (Å²) >= 11 is 5.38. The van der Waals surface area contributed by atoms with Gasteiger partial charge < -0.3 is 9.13 Å². The molecule has 118 valence electrons. The van der Waals surface area contributed by atoms with Gasteiger partial charge in [0.05, 0.1) is 16.8 Å². The number of hydrogen-bond acceptors (Lipinski definition) is 4. The molecule has 0 radical (unpaired) electrons. The number of carbonyl (C=O) groups excluding carboxylic acids is 1. The first kappa shape index (κ1) is 15.4. The summed E-state index contributed by atoms with van der Waals surface area (Å²) in [4.78, 5) is 16.9. The van der Waals surface area contributed by atoms with Crippen molar-refractivity contribution < 1.29 is 4.79 Å². The molecule has 3 aromatic rings. The Bertz CT molecular complexity index is 969. The monoisotopic (exact) mass is 327 g/mol. The maximum Gasteiger partial charge on any atom is 0.267 e. The minimum atomic E-state index is -0.373. The second kappa shape index (κ2) is 5.60. The van der Waals surface area contributed by atoms with Crippen LogP contribution < -0.4 is 11.3 Å². The number of nitrogens with one attached hydrogen (secondary N) is 1. The van der Waals surface area contributed by atoms with Gasteiger partial charge in [-0.2, -0.15) is 0 Å². The molecule has 0 aliphatic heterocycles. The van der Waals surface area contributed by atoms with Crippen LogP contribution in [0, 0.1) is 11.7 Å². The summed E-state index contributed by atoms with van der Waals surface area (Å²) in [5, 5.41) is 0. The number of nitrogen functional groups attached to an aromatic ring is 1. The molecule has 0 aliphatic rings. The van der Waals surface area contributed by atoms with E-state index in [-0.39, 0.29) is 5.91 Å². The minimum absolute atomic E-state index is 0.373. The molecule has 0 saturated carbocycles. The molecule has 0 fully saturated rings. The first-order valence-corrected chi connectivity index (χ1v) is 7.49. The van der Waals surface area contributed by atoms with E-state index in [1.54, 1.807) is 15.2 Å². The van der Waals surface area contributed by atoms with Crippen LogP contribution in [0.2, 0.25) is 0 Å². The number of nitrogens with zero attached hydrogens (tertiary/aromatic N) is 3. The van der Waals surface area contributed by atoms with Crippen molar-refractivity contribution in [3.05, 3.63) is 46.2 Å². The lowest BCUT2D eigenvalue weighted by atomic mass is 10.1. The van der Waals surface area contributed by atoms with E-state index >= 15 is 0 Å². The standard InChI is InChI=1S/C16H17N5OS/c1-9-4-6-10(7-5-9)12-8-11(15(22)19-17)13-14(18-12)21(3)16(23)20(13)2/h4-8H,17H2,1-3H3,(H,19,22). The van der Waals surface area contributed by atoms with Crippen molar-refractivity contribution in [2.24, 2.45) is 19.9 Å². The van der Waals surface area contributed by atoms with E-state index in [0.29, 0.717) is 27.2 Å². The molecule has 0 unspecified atom stereocenters. The minimum Gasteiger partial charge on any atom is -0.318 e. The fourth-order valence-electron chi connectivity index (χ4n) is 2.62. The maximum atomic E-state index is 12.2. The van der Waals surface area contributed by atoms with Gasteiger partial charge in [0.25, 0.3) is 5.91 Å². The summed E-state index contributed by atoms with van der Waals surface area (Å²) < 4.78 is 4.14. The van der Waals surface area contributed by atoms with Gasteiger partial charge in [-0.05, 0) is 25.2 Å². The summed E-state index contributed by atoms with van der Waals surface area (Å²) in [5.74, 6) is 4.96. The van der Waals surface area contributed by atoms with E-state index in [0.717, 1.165) is 11.1 Å². The fourth-order valence-corrected chi connectivity index (χ4v) is 2.80. The summed E-state index contributed by atoms with van der Waals surface area (Å²) in [6.45, 7) is 2.02. The van der Waals surface area contributed by atoms with Crippen molar-refractivity contribution in [2.45, 2.75) is 6.92 Å². The van der Waals surface area contributed by atoms with E-state index in [2.05, 4.69) is 10.4 Å². The third-order valence-electron chi connectivity index (χ3n) is 3.92. The van der Waals surface area contributed by atoms with Crippen molar-refractivity contribution >= 4 is 29.3 Å². The fraction of sp³-hybridized carbons (Fsp3) is 0.188. The van der Waals surface area contributed by atoms with Gasteiger partial charge in [-0.3, -0.25) is 10.2 Å². The molecule has 3 rings (SSSR count). The molecule has 2 heterocycles. The molecule has 6 nitrogen and oxygen atoms in total. The van der Waals surface area contributed by atoms with Gasteiger partial charge in [0.15, 0.2) is 10.4 Å². The summed E-state index contributed by atoms with van der Waals surface area (Å²) in [6, 6.07) is 9.71. The zero-order valence-electron chi connectivity index (χ0n) is 13.1. The van der Waals surface area contributed by atoms with E-state index in [1.165, 1.54) is 0 Å². The number of nitrogens with two attached hydrogens (primary N) is 1. The number of carbonyl (C=O) groups is 1. The molecule has 7 heteroatoms. The van der Waals surface area contributed by atoms with Crippen LogP contribution in [-0.4, -0.2) is 20.0 Å². The Hall–Kier alpha value is -2.51. The molecule has 1 amide bonds. The van der Waals surface area contributed by atoms with Crippen LogP contribution in [0.5, 0.6) is 0 Å². The van der Waals surface area contributed by atoms with Crippen LogP contribution in [0.15, 0.2) is 30.3 Å². The predicted molar refractivity (Wildman–Crippen MR) is 92.3 cm³/mol. The highest BCUT2D eigenvalue weighted by Crippen LogP contribution is 2.26. The van der Waals surface area contributed by atoms with Gasteiger partial charge >= 0.3 is 0 Å². The Balaban J connectivity index is 2.38. The van der Waals surface area contributed by atoms with Gasteiger partial charge in [0.1, 0.15) is 0 Å². The van der Waals surface area contributed by atoms with E-state index in [1.807, 2.05) is 45.3 Å². The predicted octanol–water partition coefficient (Wildman–Crippen LogP) is 2.22. The molecular weight excluding hydrogens is 310 g/mol. The third-order valence-corrected chi connectivity index (χ3v) is 4.47. The number of pyridine rings is 1. The number of fused-ring (bicyclic) bond motifs is 1. The van der Waals surface area contributed by atoms with E-state index < -0.39 is 0 Å². The van der Waals surface area contributed by atoms with Crippen molar-refractivity contribution in [2.75, 3.05) is 0 Å². The van der Waals surface area contributed by atoms with Crippen LogP contribution in [-0.2, 0) is 14.1 Å². The molecule has 0 saturated heterocycles. The number of amides is 1. The summed E-state index contributed by atoms with van der Waals surface area (Å²) in [6.07, 6.45) is 0. The smallest absolute Gasteiger partial charge is 0.267 e. The molecule has 1 aromatic carbocycles. The summed E-state index contributed by atoms with van der Waals surface area (Å²) in [5.41, 5.74) is 6.74. The molecular formula is C16H17N5OS. The van der Waals surface area contributed by atoms with Crippen LogP contribution in [0.1, 0.15) is 15.9 Å². The maximum absolute atomic E-state index is 12.2. The number of aryl methyl sites for hydroxylation is 3. The lowest BCUT2D eigenvalue weighted by Gasteiger charge is -2.08. The van der Waals surface area contributed by atoms with Crippen LogP contribution in [0.25, 0.3) is 22.4 Å². The molecule has 0 bridgehead atoms. The lowest BCUT2D eigenvalue weighted by molar-refractivity contribution is 0.0955. The molecule has 0 aliphatic carbocycles. The van der Waals surface area contributed by atoms with Crippen LogP contribution in [0.4, 0.5) is 0 Å². The topological polar surface area (TPSA) is 77.9 Å². The van der Waals surface area contributed by atoms with Crippen LogP contribution in [0.3, 0.4) is 0 Å². The second-order valence-corrected chi connectivity index (χ2v) is 5.83. The van der Waals surface area contributed by atoms with Crippen molar-refractivity contribution in [1.82, 2.24) is 19.5 Å². The second-order valence-electron chi connectivity index (χ2n) is 5.47. The Morgan fingerprint density at radius 2 is 1.87 bits per heavy atom. The van der Waals surface area contributed by atoms with Crippen molar-refractivity contribution in [3.8, 4) is 11.3 Å². The Morgan fingerprint density at radius 1 is 1.22 bits per heavy atom. The SMILES string of the molecule is Cc1ccc(-c2cc(C(=O)NN)c3c(n2)n(C)c(=S)n3C)cc1. The Kier molecular flexibility index (Phi) is 3.75. The van der Waals surface area contributed by atoms with Crippen molar-refractivity contribution in [3.63, 3.8) is 0 Å². The zero-order chi connectivity index (χ0) is 16.7. The molecule has 3 N–H and O–H groups in total. The number of aromatic nitrogens is 3. The van der Waals surface area contributed by atoms with Gasteiger partial charge in [-0.1, -0.05) is 29.8 Å². The van der Waals surface area contributed by atoms with Crippen LogP contribution >= 0.6 is 12.2 Å². The highest BCUT2D eigenvalue weighted by Gasteiger charge is 2.18. The average molecular weight is 327 g/mol. The number of benzene rings is 1. The first-order valence-electron chi connectivity index (χ1n) is 7.08. The molecule has 0 spiro atoms.